The van der Waals surface area contributed by atoms with Crippen molar-refractivity contribution in [2.75, 3.05) is 12.3 Å². The predicted molar refractivity (Wildman–Crippen MR) is 143 cm³/mol. The Morgan fingerprint density at radius 3 is 2.38 bits per heavy atom. The molecule has 190 valence electrons. The highest BCUT2D eigenvalue weighted by atomic mass is 32.2. The third kappa shape index (κ3) is 6.83. The van der Waals surface area contributed by atoms with Crippen molar-refractivity contribution in [3.63, 3.8) is 0 Å². The zero-order valence-electron chi connectivity index (χ0n) is 20.4. The van der Waals surface area contributed by atoms with Gasteiger partial charge in [0.05, 0.1) is 23.2 Å². The fraction of sp³-hybridized carbons (Fsp3) is 0.214. The maximum Gasteiger partial charge on any atom is 0.262 e. The van der Waals surface area contributed by atoms with Gasteiger partial charge in [0.15, 0.2) is 5.16 Å². The van der Waals surface area contributed by atoms with Crippen LogP contribution >= 0.6 is 11.8 Å². The van der Waals surface area contributed by atoms with Gasteiger partial charge in [0.1, 0.15) is 5.82 Å². The van der Waals surface area contributed by atoms with Crippen LogP contribution in [0.15, 0.2) is 82.7 Å². The number of carbonyl (C=O) groups is 2. The molecule has 0 aliphatic rings. The van der Waals surface area contributed by atoms with E-state index in [-0.39, 0.29) is 42.0 Å². The maximum atomic E-state index is 13.3. The maximum absolute atomic E-state index is 13.3. The monoisotopic (exact) mass is 518 g/mol. The lowest BCUT2D eigenvalue weighted by Crippen LogP contribution is -2.27. The van der Waals surface area contributed by atoms with Crippen LogP contribution in [0.1, 0.15) is 34.8 Å². The number of nitrogens with one attached hydrogen (secondary N) is 2. The lowest BCUT2D eigenvalue weighted by Gasteiger charge is -2.14. The number of thioether (sulfide) groups is 1. The average molecular weight is 519 g/mol. The van der Waals surface area contributed by atoms with E-state index < -0.39 is 0 Å². The Morgan fingerprint density at radius 1 is 0.946 bits per heavy atom. The number of hydrogen-bond donors (Lipinski definition) is 2. The molecule has 0 unspecified atom stereocenters. The molecule has 0 spiro atoms. The highest BCUT2D eigenvalue weighted by Crippen LogP contribution is 2.19. The highest BCUT2D eigenvalue weighted by molar-refractivity contribution is 7.99. The van der Waals surface area contributed by atoms with E-state index in [9.17, 15) is 18.8 Å². The van der Waals surface area contributed by atoms with Gasteiger partial charge in [-0.1, -0.05) is 55.1 Å². The van der Waals surface area contributed by atoms with Crippen LogP contribution in [0, 0.1) is 5.82 Å². The van der Waals surface area contributed by atoms with Gasteiger partial charge in [-0.05, 0) is 53.9 Å². The van der Waals surface area contributed by atoms with Crippen molar-refractivity contribution < 1.29 is 14.0 Å². The summed E-state index contributed by atoms with van der Waals surface area (Å²) in [5, 5.41) is 6.56. The summed E-state index contributed by atoms with van der Waals surface area (Å²) in [6, 6.07) is 20.1. The van der Waals surface area contributed by atoms with E-state index >= 15 is 0 Å². The first-order valence-corrected chi connectivity index (χ1v) is 12.9. The quantitative estimate of drug-likeness (QED) is 0.243. The van der Waals surface area contributed by atoms with E-state index in [1.54, 1.807) is 47.0 Å². The Morgan fingerprint density at radius 2 is 1.65 bits per heavy atom. The summed E-state index contributed by atoms with van der Waals surface area (Å²) >= 11 is 1.17. The standard InChI is InChI=1S/C28H27FN4O3S/c1-2-15-30-26(35)21-11-7-20(8-12-21)17-33-27(36)23-5-3-4-6-24(23)32-28(33)37-18-25(34)31-16-19-9-13-22(29)14-10-19/h3-14H,2,15-18H2,1H3,(H,30,35)(H,31,34). The number of amides is 2. The fourth-order valence-electron chi connectivity index (χ4n) is 3.67. The highest BCUT2D eigenvalue weighted by Gasteiger charge is 2.14. The van der Waals surface area contributed by atoms with E-state index in [1.807, 2.05) is 25.1 Å². The lowest BCUT2D eigenvalue weighted by atomic mass is 10.1. The van der Waals surface area contributed by atoms with Gasteiger partial charge in [-0.15, -0.1) is 0 Å². The molecule has 0 saturated heterocycles. The molecule has 9 heteroatoms. The summed E-state index contributed by atoms with van der Waals surface area (Å²) in [7, 11) is 0. The normalized spacial score (nSPS) is 10.9. The summed E-state index contributed by atoms with van der Waals surface area (Å²) < 4.78 is 14.6. The van der Waals surface area contributed by atoms with E-state index in [2.05, 4.69) is 15.6 Å². The number of hydrogen-bond acceptors (Lipinski definition) is 5. The van der Waals surface area contributed by atoms with Gasteiger partial charge in [0, 0.05) is 18.7 Å². The summed E-state index contributed by atoms with van der Waals surface area (Å²) in [6.45, 7) is 3.11. The smallest absolute Gasteiger partial charge is 0.262 e. The molecule has 0 saturated carbocycles. The number of carbonyl (C=O) groups excluding carboxylic acids is 2. The van der Waals surface area contributed by atoms with Crippen LogP contribution in [0.25, 0.3) is 10.9 Å². The summed E-state index contributed by atoms with van der Waals surface area (Å²) in [5.74, 6) is -0.644. The molecule has 37 heavy (non-hydrogen) atoms. The molecule has 1 aromatic heterocycles. The topological polar surface area (TPSA) is 93.1 Å². The van der Waals surface area contributed by atoms with Gasteiger partial charge >= 0.3 is 0 Å². The van der Waals surface area contributed by atoms with E-state index in [1.165, 1.54) is 23.9 Å². The number of benzene rings is 3. The first-order chi connectivity index (χ1) is 17.9. The molecule has 0 radical (unpaired) electrons. The Kier molecular flexibility index (Phi) is 8.68. The molecule has 7 nitrogen and oxygen atoms in total. The number of rotatable bonds is 10. The minimum Gasteiger partial charge on any atom is -0.352 e. The molecule has 0 fully saturated rings. The second-order valence-electron chi connectivity index (χ2n) is 8.45. The second-order valence-corrected chi connectivity index (χ2v) is 9.39. The van der Waals surface area contributed by atoms with Gasteiger partial charge in [-0.25, -0.2) is 9.37 Å². The van der Waals surface area contributed by atoms with Crippen LogP contribution in [-0.4, -0.2) is 33.7 Å². The third-order valence-electron chi connectivity index (χ3n) is 5.65. The zero-order chi connectivity index (χ0) is 26.2. The van der Waals surface area contributed by atoms with Crippen molar-refractivity contribution in [1.82, 2.24) is 20.2 Å². The van der Waals surface area contributed by atoms with E-state index in [0.29, 0.717) is 28.2 Å². The molecule has 3 aromatic carbocycles. The predicted octanol–water partition coefficient (Wildman–Crippen LogP) is 4.13. The van der Waals surface area contributed by atoms with Crippen LogP contribution < -0.4 is 16.2 Å². The number of para-hydroxylation sites is 1. The van der Waals surface area contributed by atoms with Crippen LogP contribution in [0.5, 0.6) is 0 Å². The van der Waals surface area contributed by atoms with Crippen molar-refractivity contribution in [3.8, 4) is 0 Å². The molecule has 2 N–H and O–H groups in total. The summed E-state index contributed by atoms with van der Waals surface area (Å²) in [5.41, 5.74) is 2.51. The van der Waals surface area contributed by atoms with Gasteiger partial charge in [-0.2, -0.15) is 0 Å². The van der Waals surface area contributed by atoms with Crippen LogP contribution in [0.4, 0.5) is 4.39 Å². The SMILES string of the molecule is CCCNC(=O)c1ccc(Cn2c(SCC(=O)NCc3ccc(F)cc3)nc3ccccc3c2=O)cc1. The van der Waals surface area contributed by atoms with Gasteiger partial charge < -0.3 is 10.6 Å². The summed E-state index contributed by atoms with van der Waals surface area (Å²) in [4.78, 5) is 42.7. The van der Waals surface area contributed by atoms with Crippen molar-refractivity contribution in [1.29, 1.82) is 0 Å². The summed E-state index contributed by atoms with van der Waals surface area (Å²) in [6.07, 6.45) is 0.854. The molecule has 2 amide bonds. The molecule has 1 heterocycles. The third-order valence-corrected chi connectivity index (χ3v) is 6.63. The Labute approximate surface area is 218 Å². The van der Waals surface area contributed by atoms with E-state index in [4.69, 9.17) is 0 Å². The van der Waals surface area contributed by atoms with Crippen molar-refractivity contribution in [2.45, 2.75) is 31.6 Å². The molecular weight excluding hydrogens is 491 g/mol. The number of halogens is 1. The molecule has 0 bridgehead atoms. The van der Waals surface area contributed by atoms with Gasteiger partial charge in [0.25, 0.3) is 11.5 Å². The van der Waals surface area contributed by atoms with Crippen molar-refractivity contribution in [2.24, 2.45) is 0 Å². The zero-order valence-corrected chi connectivity index (χ0v) is 21.2. The fourth-order valence-corrected chi connectivity index (χ4v) is 4.49. The molecule has 0 aliphatic heterocycles. The minimum atomic E-state index is -0.333. The lowest BCUT2D eigenvalue weighted by molar-refractivity contribution is -0.118. The molecule has 4 rings (SSSR count). The largest absolute Gasteiger partial charge is 0.352 e. The number of fused-ring (bicyclic) bond motifs is 1. The molecule has 0 atom stereocenters. The minimum absolute atomic E-state index is 0.0580. The number of nitrogens with zero attached hydrogens (tertiary/aromatic N) is 2. The molecular formula is C28H27FN4O3S. The number of aromatic nitrogens is 2. The molecule has 0 aliphatic carbocycles. The Hall–Kier alpha value is -3.98. The van der Waals surface area contributed by atoms with Crippen LogP contribution in [-0.2, 0) is 17.9 Å². The van der Waals surface area contributed by atoms with Crippen LogP contribution in [0.3, 0.4) is 0 Å². The second kappa shape index (κ2) is 12.3. The van der Waals surface area contributed by atoms with Crippen molar-refractivity contribution in [3.05, 3.63) is 106 Å². The van der Waals surface area contributed by atoms with Gasteiger partial charge in [0.2, 0.25) is 5.91 Å². The first-order valence-electron chi connectivity index (χ1n) is 11.9. The average Bonchev–Trinajstić information content (AvgIpc) is 2.92. The Bertz CT molecular complexity index is 1450. The van der Waals surface area contributed by atoms with E-state index in [0.717, 1.165) is 17.5 Å². The van der Waals surface area contributed by atoms with Crippen molar-refractivity contribution >= 4 is 34.5 Å². The van der Waals surface area contributed by atoms with Crippen LogP contribution in [0.2, 0.25) is 0 Å². The first kappa shape index (κ1) is 26.1. The Balaban J connectivity index is 1.51. The molecule has 4 aromatic rings. The van der Waals surface area contributed by atoms with Gasteiger partial charge in [-0.3, -0.25) is 19.0 Å².